The first-order chi connectivity index (χ1) is 10.5. The Balaban J connectivity index is 2.64. The summed E-state index contributed by atoms with van der Waals surface area (Å²) in [5.74, 6) is -2.15. The van der Waals surface area contributed by atoms with E-state index in [1.165, 1.54) is 12.1 Å². The Labute approximate surface area is 136 Å². The number of carbonyl (C=O) groups is 2. The molecule has 1 unspecified atom stereocenters. The van der Waals surface area contributed by atoms with Gasteiger partial charge in [-0.25, -0.2) is 4.39 Å². The SMILES string of the molecule is Cc1ccc(F)cc1NC(=O)C(=O)NCC(C)(C)C(O)C(C)C. The summed E-state index contributed by atoms with van der Waals surface area (Å²) >= 11 is 0. The molecule has 0 radical (unpaired) electrons. The molecule has 3 N–H and O–H groups in total. The molecule has 1 rings (SSSR count). The first-order valence-corrected chi connectivity index (χ1v) is 7.58. The number of hydrogen-bond acceptors (Lipinski definition) is 3. The van der Waals surface area contributed by atoms with E-state index in [0.29, 0.717) is 5.56 Å². The van der Waals surface area contributed by atoms with Crippen LogP contribution in [-0.2, 0) is 9.59 Å². The van der Waals surface area contributed by atoms with Crippen LogP contribution in [0.1, 0.15) is 33.3 Å². The maximum atomic E-state index is 13.2. The van der Waals surface area contributed by atoms with Gasteiger partial charge in [-0.1, -0.05) is 33.8 Å². The van der Waals surface area contributed by atoms with Crippen LogP contribution >= 0.6 is 0 Å². The third-order valence-electron chi connectivity index (χ3n) is 3.79. The van der Waals surface area contributed by atoms with Crippen molar-refractivity contribution in [2.24, 2.45) is 11.3 Å². The van der Waals surface area contributed by atoms with E-state index in [2.05, 4.69) is 10.6 Å². The average Bonchev–Trinajstić information content (AvgIpc) is 2.47. The van der Waals surface area contributed by atoms with Crippen molar-refractivity contribution in [3.8, 4) is 0 Å². The van der Waals surface area contributed by atoms with Gasteiger partial charge in [0.25, 0.3) is 0 Å². The summed E-state index contributed by atoms with van der Waals surface area (Å²) in [5.41, 5.74) is 0.341. The van der Waals surface area contributed by atoms with Gasteiger partial charge in [0.2, 0.25) is 0 Å². The van der Waals surface area contributed by atoms with Gasteiger partial charge in [0.1, 0.15) is 5.82 Å². The highest BCUT2D eigenvalue weighted by atomic mass is 19.1. The van der Waals surface area contributed by atoms with Gasteiger partial charge in [0.15, 0.2) is 0 Å². The van der Waals surface area contributed by atoms with Gasteiger partial charge < -0.3 is 15.7 Å². The number of anilines is 1. The number of carbonyl (C=O) groups excluding carboxylic acids is 2. The Morgan fingerprint density at radius 3 is 2.43 bits per heavy atom. The molecule has 1 atom stereocenters. The zero-order valence-corrected chi connectivity index (χ0v) is 14.2. The topological polar surface area (TPSA) is 78.4 Å². The Hall–Kier alpha value is -1.95. The van der Waals surface area contributed by atoms with Crippen molar-refractivity contribution < 1.29 is 19.1 Å². The lowest BCUT2D eigenvalue weighted by Gasteiger charge is -2.33. The minimum absolute atomic E-state index is 0.0330. The lowest BCUT2D eigenvalue weighted by molar-refractivity contribution is -0.136. The van der Waals surface area contributed by atoms with Crippen LogP contribution in [0.25, 0.3) is 0 Å². The summed E-state index contributed by atoms with van der Waals surface area (Å²) in [6.45, 7) is 9.25. The second kappa shape index (κ2) is 7.55. The van der Waals surface area contributed by atoms with Crippen molar-refractivity contribution in [1.29, 1.82) is 0 Å². The Morgan fingerprint density at radius 2 is 1.87 bits per heavy atom. The lowest BCUT2D eigenvalue weighted by atomic mass is 9.81. The summed E-state index contributed by atoms with van der Waals surface area (Å²) in [6.07, 6.45) is -0.615. The maximum absolute atomic E-state index is 13.2. The van der Waals surface area contributed by atoms with E-state index in [1.54, 1.807) is 6.92 Å². The monoisotopic (exact) mass is 324 g/mol. The summed E-state index contributed by atoms with van der Waals surface area (Å²) in [6, 6.07) is 3.96. The predicted octanol–water partition coefficient (Wildman–Crippen LogP) is 2.23. The molecule has 0 saturated carbocycles. The van der Waals surface area contributed by atoms with Crippen LogP contribution in [0.15, 0.2) is 18.2 Å². The second-order valence-corrected chi connectivity index (χ2v) is 6.77. The molecule has 5 nitrogen and oxygen atoms in total. The van der Waals surface area contributed by atoms with E-state index in [9.17, 15) is 19.1 Å². The molecular formula is C17H25FN2O3. The normalized spacial score (nSPS) is 12.9. The molecular weight excluding hydrogens is 299 g/mol. The number of halogens is 1. The van der Waals surface area contributed by atoms with E-state index in [1.807, 2.05) is 27.7 Å². The number of aliphatic hydroxyl groups excluding tert-OH is 1. The molecule has 0 aliphatic carbocycles. The number of amides is 2. The van der Waals surface area contributed by atoms with Gasteiger partial charge in [-0.05, 0) is 30.5 Å². The minimum Gasteiger partial charge on any atom is -0.392 e. The molecule has 0 aliphatic rings. The van der Waals surface area contributed by atoms with Crippen LogP contribution in [0.4, 0.5) is 10.1 Å². The third-order valence-corrected chi connectivity index (χ3v) is 3.79. The second-order valence-electron chi connectivity index (χ2n) is 6.77. The van der Waals surface area contributed by atoms with Gasteiger partial charge in [-0.15, -0.1) is 0 Å². The molecule has 6 heteroatoms. The fourth-order valence-electron chi connectivity index (χ4n) is 2.30. The number of benzene rings is 1. The lowest BCUT2D eigenvalue weighted by Crippen LogP contribution is -2.46. The average molecular weight is 324 g/mol. The maximum Gasteiger partial charge on any atom is 0.313 e. The van der Waals surface area contributed by atoms with Gasteiger partial charge in [-0.3, -0.25) is 9.59 Å². The summed E-state index contributed by atoms with van der Waals surface area (Å²) in [4.78, 5) is 23.8. The predicted molar refractivity (Wildman–Crippen MR) is 87.4 cm³/mol. The first kappa shape index (κ1) is 19.1. The number of aryl methyl sites for hydroxylation is 1. The number of rotatable bonds is 5. The van der Waals surface area contributed by atoms with E-state index < -0.39 is 29.2 Å². The van der Waals surface area contributed by atoms with Crippen molar-refractivity contribution in [1.82, 2.24) is 5.32 Å². The van der Waals surface area contributed by atoms with Gasteiger partial charge in [-0.2, -0.15) is 0 Å². The number of hydrogen-bond donors (Lipinski definition) is 3. The van der Waals surface area contributed by atoms with E-state index in [-0.39, 0.29) is 18.2 Å². The van der Waals surface area contributed by atoms with E-state index >= 15 is 0 Å². The minimum atomic E-state index is -0.867. The highest BCUT2D eigenvalue weighted by Gasteiger charge is 2.31. The molecule has 0 bridgehead atoms. The van der Waals surface area contributed by atoms with Crippen LogP contribution < -0.4 is 10.6 Å². The molecule has 2 amide bonds. The van der Waals surface area contributed by atoms with Crippen LogP contribution in [0.5, 0.6) is 0 Å². The van der Waals surface area contributed by atoms with Crippen molar-refractivity contribution in [3.63, 3.8) is 0 Å². The zero-order valence-electron chi connectivity index (χ0n) is 14.2. The van der Waals surface area contributed by atoms with E-state index in [4.69, 9.17) is 0 Å². The van der Waals surface area contributed by atoms with Gasteiger partial charge in [0.05, 0.1) is 6.10 Å². The Morgan fingerprint density at radius 1 is 1.26 bits per heavy atom. The number of aliphatic hydroxyl groups is 1. The molecule has 1 aromatic carbocycles. The molecule has 0 aliphatic heterocycles. The molecule has 0 heterocycles. The molecule has 23 heavy (non-hydrogen) atoms. The van der Waals surface area contributed by atoms with Crippen LogP contribution in [-0.4, -0.2) is 29.6 Å². The molecule has 0 aromatic heterocycles. The number of nitrogens with one attached hydrogen (secondary N) is 2. The summed E-state index contributed by atoms with van der Waals surface area (Å²) in [7, 11) is 0. The molecule has 0 spiro atoms. The third kappa shape index (κ3) is 5.32. The fraction of sp³-hybridized carbons (Fsp3) is 0.529. The van der Waals surface area contributed by atoms with Crippen molar-refractivity contribution in [3.05, 3.63) is 29.6 Å². The smallest absolute Gasteiger partial charge is 0.313 e. The van der Waals surface area contributed by atoms with Gasteiger partial charge >= 0.3 is 11.8 Å². The molecule has 128 valence electrons. The van der Waals surface area contributed by atoms with Crippen molar-refractivity contribution >= 4 is 17.5 Å². The molecule has 1 aromatic rings. The van der Waals surface area contributed by atoms with Crippen LogP contribution in [0.3, 0.4) is 0 Å². The van der Waals surface area contributed by atoms with Crippen LogP contribution in [0.2, 0.25) is 0 Å². The summed E-state index contributed by atoms with van der Waals surface area (Å²) < 4.78 is 13.2. The summed E-state index contributed by atoms with van der Waals surface area (Å²) in [5, 5.41) is 15.0. The quantitative estimate of drug-likeness (QED) is 0.727. The standard InChI is InChI=1S/C17H25FN2O3/c1-10(2)14(21)17(4,5)9-19-15(22)16(23)20-13-8-12(18)7-6-11(13)3/h6-8,10,14,21H,9H2,1-5H3,(H,19,22)(H,20,23). The molecule has 0 saturated heterocycles. The zero-order chi connectivity index (χ0) is 17.8. The first-order valence-electron chi connectivity index (χ1n) is 7.58. The van der Waals surface area contributed by atoms with Crippen molar-refractivity contribution in [2.45, 2.75) is 40.7 Å². The van der Waals surface area contributed by atoms with Crippen molar-refractivity contribution in [2.75, 3.05) is 11.9 Å². The fourth-order valence-corrected chi connectivity index (χ4v) is 2.30. The Bertz CT molecular complexity index is 585. The van der Waals surface area contributed by atoms with Gasteiger partial charge in [0, 0.05) is 17.6 Å². The Kier molecular flexibility index (Phi) is 6.27. The highest BCUT2D eigenvalue weighted by Crippen LogP contribution is 2.25. The van der Waals surface area contributed by atoms with Crippen LogP contribution in [0, 0.1) is 24.1 Å². The largest absolute Gasteiger partial charge is 0.392 e. The molecule has 0 fully saturated rings. The highest BCUT2D eigenvalue weighted by molar-refractivity contribution is 6.39. The van der Waals surface area contributed by atoms with E-state index in [0.717, 1.165) is 6.07 Å².